The van der Waals surface area contributed by atoms with E-state index in [1.165, 1.54) is 104 Å². The minimum atomic E-state index is -0.0167. The maximum absolute atomic E-state index is 7.47. The Balaban J connectivity index is 0.854. The number of nitrogens with zero attached hydrogens (tertiary/aromatic N) is 1. The van der Waals surface area contributed by atoms with Gasteiger partial charge in [0.25, 0.3) is 0 Å². The molecule has 6 aromatic carbocycles. The summed E-state index contributed by atoms with van der Waals surface area (Å²) in [5, 5.41) is 10.9. The first kappa shape index (κ1) is 33.9. The Morgan fingerprint density at radius 3 is 2.32 bits per heavy atom. The van der Waals surface area contributed by atoms with Gasteiger partial charge in [0.2, 0.25) is 0 Å². The van der Waals surface area contributed by atoms with Gasteiger partial charge in [-0.3, -0.25) is 5.32 Å². The molecule has 3 fully saturated rings. The highest BCUT2D eigenvalue weighted by atomic mass is 16.5. The lowest BCUT2D eigenvalue weighted by molar-refractivity contribution is -0.0285. The molecule has 7 aromatic rings. The lowest BCUT2D eigenvalue weighted by atomic mass is 9.69. The molecule has 8 unspecified atom stereocenters. The molecular formula is C53H51N3O. The van der Waals surface area contributed by atoms with Gasteiger partial charge in [0, 0.05) is 27.4 Å². The fourth-order valence-electron chi connectivity index (χ4n) is 12.5. The predicted molar refractivity (Wildman–Crippen MR) is 234 cm³/mol. The van der Waals surface area contributed by atoms with E-state index in [0.29, 0.717) is 29.9 Å². The lowest BCUT2D eigenvalue weighted by Gasteiger charge is -2.43. The number of nitrogens with one attached hydrogen (secondary N) is 2. The van der Waals surface area contributed by atoms with E-state index in [1.807, 2.05) is 0 Å². The fraction of sp³-hybridized carbons (Fsp3) is 0.321. The smallest absolute Gasteiger partial charge is 0.0817 e. The summed E-state index contributed by atoms with van der Waals surface area (Å²) in [7, 11) is 0. The van der Waals surface area contributed by atoms with Crippen molar-refractivity contribution in [3.63, 3.8) is 0 Å². The highest BCUT2D eigenvalue weighted by Crippen LogP contribution is 2.56. The van der Waals surface area contributed by atoms with Crippen molar-refractivity contribution in [1.29, 1.82) is 0 Å². The Morgan fingerprint density at radius 1 is 0.649 bits per heavy atom. The van der Waals surface area contributed by atoms with Gasteiger partial charge in [-0.2, -0.15) is 0 Å². The molecule has 8 atom stereocenters. The second kappa shape index (κ2) is 12.9. The monoisotopic (exact) mass is 745 g/mol. The van der Waals surface area contributed by atoms with Crippen molar-refractivity contribution in [2.75, 3.05) is 5.32 Å². The molecule has 57 heavy (non-hydrogen) atoms. The molecule has 2 N–H and O–H groups in total. The number of ether oxygens (including phenoxy) is 1. The van der Waals surface area contributed by atoms with Crippen molar-refractivity contribution >= 4 is 27.5 Å². The van der Waals surface area contributed by atoms with E-state index in [-0.39, 0.29) is 23.7 Å². The highest BCUT2D eigenvalue weighted by molar-refractivity contribution is 6.17. The second-order valence-corrected chi connectivity index (χ2v) is 18.3. The van der Waals surface area contributed by atoms with Gasteiger partial charge in [-0.25, -0.2) is 0 Å². The van der Waals surface area contributed by atoms with Crippen LogP contribution in [-0.4, -0.2) is 22.9 Å². The van der Waals surface area contributed by atoms with E-state index >= 15 is 0 Å². The van der Waals surface area contributed by atoms with Crippen LogP contribution in [0.4, 0.5) is 5.69 Å². The maximum atomic E-state index is 7.47. The van der Waals surface area contributed by atoms with Crippen molar-refractivity contribution in [3.8, 4) is 22.3 Å². The largest absolute Gasteiger partial charge is 0.372 e. The number of hydrogen-bond donors (Lipinski definition) is 2. The van der Waals surface area contributed by atoms with Crippen LogP contribution >= 0.6 is 0 Å². The van der Waals surface area contributed by atoms with Crippen LogP contribution in [0.1, 0.15) is 86.7 Å². The molecule has 5 aliphatic rings. The van der Waals surface area contributed by atoms with E-state index in [4.69, 9.17) is 4.74 Å². The Morgan fingerprint density at radius 2 is 1.42 bits per heavy atom. The summed E-state index contributed by atoms with van der Waals surface area (Å²) < 4.78 is 10.2. The van der Waals surface area contributed by atoms with Crippen LogP contribution in [0.5, 0.6) is 0 Å². The molecule has 3 heterocycles. The summed E-state index contributed by atoms with van der Waals surface area (Å²) in [6.45, 7) is 4.80. The molecule has 2 saturated carbocycles. The van der Waals surface area contributed by atoms with E-state index < -0.39 is 0 Å². The summed E-state index contributed by atoms with van der Waals surface area (Å²) in [6.07, 6.45) is 8.02. The minimum absolute atomic E-state index is 0.0167. The van der Waals surface area contributed by atoms with Crippen molar-refractivity contribution < 1.29 is 4.74 Å². The van der Waals surface area contributed by atoms with Crippen LogP contribution in [0.15, 0.2) is 140 Å². The minimum Gasteiger partial charge on any atom is -0.372 e. The molecular weight excluding hydrogens is 695 g/mol. The quantitative estimate of drug-likeness (QED) is 0.188. The molecule has 0 radical (unpaired) electrons. The molecule has 4 nitrogen and oxygen atoms in total. The van der Waals surface area contributed by atoms with Crippen molar-refractivity contribution in [3.05, 3.63) is 162 Å². The number of aromatic nitrogens is 1. The van der Waals surface area contributed by atoms with Crippen LogP contribution < -0.4 is 10.6 Å². The van der Waals surface area contributed by atoms with Crippen molar-refractivity contribution in [2.45, 2.75) is 88.2 Å². The van der Waals surface area contributed by atoms with Gasteiger partial charge >= 0.3 is 0 Å². The zero-order chi connectivity index (χ0) is 37.8. The molecule has 3 aliphatic carbocycles. The third-order valence-electron chi connectivity index (χ3n) is 15.1. The van der Waals surface area contributed by atoms with E-state index in [0.717, 1.165) is 6.42 Å². The molecule has 0 bridgehead atoms. The van der Waals surface area contributed by atoms with E-state index in [2.05, 4.69) is 169 Å². The van der Waals surface area contributed by atoms with Crippen LogP contribution in [0.2, 0.25) is 0 Å². The average molecular weight is 746 g/mol. The molecule has 4 heteroatoms. The molecule has 0 spiro atoms. The van der Waals surface area contributed by atoms with Gasteiger partial charge in [-0.1, -0.05) is 142 Å². The summed E-state index contributed by atoms with van der Waals surface area (Å²) >= 11 is 0. The fourth-order valence-corrected chi connectivity index (χ4v) is 12.5. The SMILES string of the molecule is CC1(C)c2ccccc2-c2c1ccc1c2c2ccccc2n1C1CCCC2C3CCC(C4Nc5ccccc5C(c5ccc(-c6ccccc6)cc5)N4)CC3OC21. The molecule has 0 amide bonds. The number of para-hydroxylation sites is 2. The molecule has 284 valence electrons. The van der Waals surface area contributed by atoms with Gasteiger partial charge in [0.05, 0.1) is 36.0 Å². The van der Waals surface area contributed by atoms with Crippen LogP contribution in [0.3, 0.4) is 0 Å². The number of anilines is 1. The molecule has 1 aromatic heterocycles. The normalized spacial score (nSPS) is 28.2. The van der Waals surface area contributed by atoms with Crippen molar-refractivity contribution in [1.82, 2.24) is 9.88 Å². The van der Waals surface area contributed by atoms with Crippen LogP contribution in [-0.2, 0) is 10.2 Å². The number of fused-ring (bicyclic) bond motifs is 11. The van der Waals surface area contributed by atoms with Gasteiger partial charge in [0.1, 0.15) is 0 Å². The van der Waals surface area contributed by atoms with E-state index in [9.17, 15) is 0 Å². The Hall–Kier alpha value is -5.16. The van der Waals surface area contributed by atoms with Gasteiger partial charge in [-0.05, 0) is 113 Å². The Labute approximate surface area is 336 Å². The van der Waals surface area contributed by atoms with Crippen LogP contribution in [0.25, 0.3) is 44.1 Å². The van der Waals surface area contributed by atoms with E-state index in [1.54, 1.807) is 0 Å². The third-order valence-corrected chi connectivity index (χ3v) is 15.1. The Bertz CT molecular complexity index is 2660. The average Bonchev–Trinajstić information content (AvgIpc) is 3.89. The van der Waals surface area contributed by atoms with Crippen LogP contribution in [0, 0.1) is 17.8 Å². The highest BCUT2D eigenvalue weighted by Gasteiger charge is 2.52. The maximum Gasteiger partial charge on any atom is 0.0817 e. The summed E-state index contributed by atoms with van der Waals surface area (Å²) in [4.78, 5) is 0. The summed E-state index contributed by atoms with van der Waals surface area (Å²) in [5.74, 6) is 1.74. The Kier molecular flexibility index (Phi) is 7.70. The number of hydrogen-bond acceptors (Lipinski definition) is 3. The lowest BCUT2D eigenvalue weighted by Crippen LogP contribution is -2.50. The first-order valence-electron chi connectivity index (χ1n) is 21.6. The summed E-state index contributed by atoms with van der Waals surface area (Å²) in [5.41, 5.74) is 14.9. The van der Waals surface area contributed by atoms with Crippen molar-refractivity contribution in [2.24, 2.45) is 17.8 Å². The van der Waals surface area contributed by atoms with Gasteiger partial charge in [0.15, 0.2) is 0 Å². The predicted octanol–water partition coefficient (Wildman–Crippen LogP) is 12.4. The first-order valence-corrected chi connectivity index (χ1v) is 21.6. The van der Waals surface area contributed by atoms with Gasteiger partial charge in [-0.15, -0.1) is 0 Å². The second-order valence-electron chi connectivity index (χ2n) is 18.3. The summed E-state index contributed by atoms with van der Waals surface area (Å²) in [6, 6.07) is 52.5. The molecule has 12 rings (SSSR count). The molecule has 1 saturated heterocycles. The number of rotatable bonds is 4. The number of benzene rings is 6. The molecule has 2 aliphatic heterocycles. The third kappa shape index (κ3) is 5.12. The standard InChI is InChI=1S/C53H51N3O/c1-53(2)41-19-9-6-15-38(41)48-42(53)29-30-45-49(48)40-17-8-11-21-44(40)56(45)46-22-12-18-37-36-28-27-35(31-47(36)57-51(37)46)52-54-43-20-10-7-16-39(43)50(55-52)34-25-23-33(24-26-34)32-13-4-3-5-14-32/h3-11,13-17,19-21,23-26,29-30,35-37,46-47,50-52,54-55H,12,18,22,27-28,31H2,1-2H3. The topological polar surface area (TPSA) is 38.2 Å². The van der Waals surface area contributed by atoms with Gasteiger partial charge < -0.3 is 14.6 Å². The zero-order valence-corrected chi connectivity index (χ0v) is 33.0. The zero-order valence-electron chi connectivity index (χ0n) is 33.0. The first-order chi connectivity index (χ1) is 28.0.